The number of hydrogen-bond acceptors (Lipinski definition) is 2. The third kappa shape index (κ3) is 3.96. The highest BCUT2D eigenvalue weighted by Crippen LogP contribution is 2.22. The van der Waals surface area contributed by atoms with E-state index >= 15 is 0 Å². The lowest BCUT2D eigenvalue weighted by molar-refractivity contribution is -0.121. The fraction of sp³-hybridized carbons (Fsp3) is 0.364. The third-order valence-corrected chi connectivity index (χ3v) is 5.30. The van der Waals surface area contributed by atoms with Crippen LogP contribution in [0.15, 0.2) is 42.5 Å². The van der Waals surface area contributed by atoms with Crippen LogP contribution in [0.2, 0.25) is 0 Å². The van der Waals surface area contributed by atoms with Crippen molar-refractivity contribution in [1.82, 2.24) is 4.90 Å². The van der Waals surface area contributed by atoms with Gasteiger partial charge in [-0.2, -0.15) is 0 Å². The third-order valence-electron chi connectivity index (χ3n) is 5.30. The van der Waals surface area contributed by atoms with Gasteiger partial charge in [-0.15, -0.1) is 0 Å². The van der Waals surface area contributed by atoms with Crippen molar-refractivity contribution < 1.29 is 9.59 Å². The monoisotopic (exact) mass is 350 g/mol. The Labute approximate surface area is 155 Å². The molecule has 1 aliphatic rings. The first-order chi connectivity index (χ1) is 12.5. The molecular weight excluding hydrogens is 324 g/mol. The van der Waals surface area contributed by atoms with Crippen LogP contribution in [0.3, 0.4) is 0 Å². The van der Waals surface area contributed by atoms with Gasteiger partial charge < -0.3 is 10.2 Å². The number of benzene rings is 2. The molecule has 0 aromatic heterocycles. The second-order valence-electron chi connectivity index (χ2n) is 7.17. The van der Waals surface area contributed by atoms with Gasteiger partial charge in [0.1, 0.15) is 0 Å². The van der Waals surface area contributed by atoms with E-state index in [-0.39, 0.29) is 17.7 Å². The minimum Gasteiger partial charge on any atom is -0.339 e. The molecule has 26 heavy (non-hydrogen) atoms. The van der Waals surface area contributed by atoms with E-state index in [1.165, 1.54) is 11.1 Å². The van der Waals surface area contributed by atoms with Crippen molar-refractivity contribution in [2.75, 3.05) is 18.4 Å². The summed E-state index contributed by atoms with van der Waals surface area (Å²) in [4.78, 5) is 27.1. The molecule has 3 rings (SSSR count). The Hall–Kier alpha value is -2.62. The summed E-state index contributed by atoms with van der Waals surface area (Å²) < 4.78 is 0. The molecule has 1 aliphatic heterocycles. The lowest BCUT2D eigenvalue weighted by Gasteiger charge is -2.31. The van der Waals surface area contributed by atoms with Gasteiger partial charge >= 0.3 is 0 Å². The maximum absolute atomic E-state index is 12.7. The van der Waals surface area contributed by atoms with E-state index in [1.807, 2.05) is 61.2 Å². The van der Waals surface area contributed by atoms with E-state index < -0.39 is 0 Å². The molecule has 1 saturated heterocycles. The molecule has 1 fully saturated rings. The summed E-state index contributed by atoms with van der Waals surface area (Å²) in [6.07, 6.45) is 1.41. The van der Waals surface area contributed by atoms with Crippen molar-refractivity contribution in [3.8, 4) is 0 Å². The first-order valence-corrected chi connectivity index (χ1v) is 9.18. The molecule has 0 aliphatic carbocycles. The van der Waals surface area contributed by atoms with E-state index in [1.54, 1.807) is 0 Å². The van der Waals surface area contributed by atoms with E-state index in [0.717, 1.165) is 16.8 Å². The zero-order valence-electron chi connectivity index (χ0n) is 15.7. The molecule has 2 aromatic carbocycles. The predicted molar refractivity (Wildman–Crippen MR) is 104 cm³/mol. The second-order valence-corrected chi connectivity index (χ2v) is 7.17. The highest BCUT2D eigenvalue weighted by atomic mass is 16.2. The Kier molecular flexibility index (Phi) is 5.40. The maximum atomic E-state index is 12.7. The smallest absolute Gasteiger partial charge is 0.254 e. The van der Waals surface area contributed by atoms with Crippen molar-refractivity contribution in [2.24, 2.45) is 5.92 Å². The number of likely N-dealkylation sites (tertiary alicyclic amines) is 1. The zero-order valence-corrected chi connectivity index (χ0v) is 15.7. The van der Waals surface area contributed by atoms with Crippen molar-refractivity contribution in [3.63, 3.8) is 0 Å². The summed E-state index contributed by atoms with van der Waals surface area (Å²) in [5.41, 5.74) is 4.97. The molecule has 1 heterocycles. The highest BCUT2D eigenvalue weighted by Gasteiger charge is 2.28. The molecule has 2 aromatic rings. The molecule has 1 N–H and O–H groups in total. The number of rotatable bonds is 3. The second kappa shape index (κ2) is 7.73. The Morgan fingerprint density at radius 3 is 2.27 bits per heavy atom. The summed E-state index contributed by atoms with van der Waals surface area (Å²) >= 11 is 0. The standard InChI is InChI=1S/C22H26N2O2/c1-15-8-9-19(14-17(15)3)23-21(25)18-10-12-24(13-11-18)22(26)20-7-5-4-6-16(20)2/h4-9,14,18H,10-13H2,1-3H3,(H,23,25). The molecule has 0 saturated carbocycles. The van der Waals surface area contributed by atoms with Crippen molar-refractivity contribution in [2.45, 2.75) is 33.6 Å². The van der Waals surface area contributed by atoms with Crippen LogP contribution in [-0.2, 0) is 4.79 Å². The van der Waals surface area contributed by atoms with Gasteiger partial charge in [0, 0.05) is 30.3 Å². The number of piperidine rings is 1. The lowest BCUT2D eigenvalue weighted by atomic mass is 9.95. The number of carbonyl (C=O) groups excluding carboxylic acids is 2. The van der Waals surface area contributed by atoms with Crippen molar-refractivity contribution >= 4 is 17.5 Å². The van der Waals surface area contributed by atoms with Gasteiger partial charge in [0.25, 0.3) is 5.91 Å². The number of anilines is 1. The molecule has 4 nitrogen and oxygen atoms in total. The number of amides is 2. The van der Waals surface area contributed by atoms with Gasteiger partial charge in [0.15, 0.2) is 0 Å². The maximum Gasteiger partial charge on any atom is 0.254 e. The van der Waals surface area contributed by atoms with Crippen LogP contribution < -0.4 is 5.32 Å². The number of nitrogens with one attached hydrogen (secondary N) is 1. The number of hydrogen-bond donors (Lipinski definition) is 1. The van der Waals surface area contributed by atoms with Crippen LogP contribution in [0.1, 0.15) is 39.9 Å². The van der Waals surface area contributed by atoms with E-state index in [4.69, 9.17) is 0 Å². The summed E-state index contributed by atoms with van der Waals surface area (Å²) in [6, 6.07) is 13.6. The SMILES string of the molecule is Cc1ccc(NC(=O)C2CCN(C(=O)c3ccccc3C)CC2)cc1C. The zero-order chi connectivity index (χ0) is 18.7. The largest absolute Gasteiger partial charge is 0.339 e. The molecule has 0 radical (unpaired) electrons. The average Bonchev–Trinajstić information content (AvgIpc) is 2.65. The number of carbonyl (C=O) groups is 2. The minimum atomic E-state index is -0.0440. The van der Waals surface area contributed by atoms with Gasteiger partial charge in [-0.3, -0.25) is 9.59 Å². The van der Waals surface area contributed by atoms with Gasteiger partial charge in [-0.1, -0.05) is 24.3 Å². The van der Waals surface area contributed by atoms with Crippen LogP contribution >= 0.6 is 0 Å². The van der Waals surface area contributed by atoms with E-state index in [0.29, 0.717) is 25.9 Å². The topological polar surface area (TPSA) is 49.4 Å². The first kappa shape index (κ1) is 18.2. The highest BCUT2D eigenvalue weighted by molar-refractivity contribution is 5.96. The van der Waals surface area contributed by atoms with E-state index in [2.05, 4.69) is 12.2 Å². The Balaban J connectivity index is 1.57. The molecule has 0 unspecified atom stereocenters. The molecule has 0 spiro atoms. The Bertz CT molecular complexity index is 821. The van der Waals surface area contributed by atoms with Crippen LogP contribution in [0.25, 0.3) is 0 Å². The number of aryl methyl sites for hydroxylation is 3. The van der Waals surface area contributed by atoms with Gasteiger partial charge in [0.2, 0.25) is 5.91 Å². The Morgan fingerprint density at radius 1 is 0.923 bits per heavy atom. The fourth-order valence-corrected chi connectivity index (χ4v) is 3.39. The molecule has 0 atom stereocenters. The average molecular weight is 350 g/mol. The fourth-order valence-electron chi connectivity index (χ4n) is 3.39. The lowest BCUT2D eigenvalue weighted by Crippen LogP contribution is -2.41. The summed E-state index contributed by atoms with van der Waals surface area (Å²) in [5.74, 6) is 0.0740. The summed E-state index contributed by atoms with van der Waals surface area (Å²) in [5, 5.41) is 3.02. The molecule has 4 heteroatoms. The van der Waals surface area contributed by atoms with Gasteiger partial charge in [0.05, 0.1) is 0 Å². The van der Waals surface area contributed by atoms with Gasteiger partial charge in [-0.25, -0.2) is 0 Å². The van der Waals surface area contributed by atoms with Crippen LogP contribution in [0.5, 0.6) is 0 Å². The number of nitrogens with zero attached hydrogens (tertiary/aromatic N) is 1. The van der Waals surface area contributed by atoms with Crippen molar-refractivity contribution in [1.29, 1.82) is 0 Å². The summed E-state index contributed by atoms with van der Waals surface area (Å²) in [7, 11) is 0. The Morgan fingerprint density at radius 2 is 1.62 bits per heavy atom. The molecule has 2 amide bonds. The minimum absolute atomic E-state index is 0.0440. The van der Waals surface area contributed by atoms with Crippen LogP contribution in [0.4, 0.5) is 5.69 Å². The molecular formula is C22H26N2O2. The van der Waals surface area contributed by atoms with Crippen molar-refractivity contribution in [3.05, 3.63) is 64.7 Å². The normalized spacial score (nSPS) is 15.0. The molecule has 0 bridgehead atoms. The van der Waals surface area contributed by atoms with Gasteiger partial charge in [-0.05, 0) is 68.5 Å². The first-order valence-electron chi connectivity index (χ1n) is 9.18. The summed E-state index contributed by atoms with van der Waals surface area (Å²) in [6.45, 7) is 7.30. The predicted octanol–water partition coefficient (Wildman–Crippen LogP) is 4.10. The quantitative estimate of drug-likeness (QED) is 0.906. The molecule has 136 valence electrons. The van der Waals surface area contributed by atoms with Crippen LogP contribution in [-0.4, -0.2) is 29.8 Å². The van der Waals surface area contributed by atoms with Crippen LogP contribution in [0, 0.1) is 26.7 Å². The van der Waals surface area contributed by atoms with E-state index in [9.17, 15) is 9.59 Å².